The van der Waals surface area contributed by atoms with Gasteiger partial charge in [0, 0.05) is 23.9 Å². The molecule has 1 aromatic heterocycles. The summed E-state index contributed by atoms with van der Waals surface area (Å²) in [5, 5.41) is 0.147. The van der Waals surface area contributed by atoms with Gasteiger partial charge in [0.2, 0.25) is 0 Å². The Morgan fingerprint density at radius 3 is 2.74 bits per heavy atom. The lowest BCUT2D eigenvalue weighted by molar-refractivity contribution is 0.170. The predicted octanol–water partition coefficient (Wildman–Crippen LogP) is 4.51. The van der Waals surface area contributed by atoms with Crippen molar-refractivity contribution in [1.82, 2.24) is 9.55 Å². The third kappa shape index (κ3) is 2.03. The summed E-state index contributed by atoms with van der Waals surface area (Å²) in [5.41, 5.74) is 1.64. The number of aryl methyl sites for hydroxylation is 1. The zero-order valence-corrected chi connectivity index (χ0v) is 12.2. The van der Waals surface area contributed by atoms with E-state index in [1.165, 1.54) is 12.5 Å². The predicted molar refractivity (Wildman–Crippen MR) is 76.6 cm³/mol. The van der Waals surface area contributed by atoms with Gasteiger partial charge in [-0.3, -0.25) is 0 Å². The normalized spacial score (nSPS) is 17.7. The SMILES string of the molecule is CC1(n2c(CCCl)nc3cc(F)c(Cl)cc32)CCC1. The molecule has 0 bridgehead atoms. The maximum absolute atomic E-state index is 13.6. The van der Waals surface area contributed by atoms with E-state index < -0.39 is 5.82 Å². The summed E-state index contributed by atoms with van der Waals surface area (Å²) < 4.78 is 15.8. The van der Waals surface area contributed by atoms with E-state index in [1.54, 1.807) is 6.07 Å². The van der Waals surface area contributed by atoms with Gasteiger partial charge in [-0.2, -0.15) is 0 Å². The van der Waals surface area contributed by atoms with E-state index in [0.717, 1.165) is 24.2 Å². The molecular weight excluding hydrogens is 286 g/mol. The Morgan fingerprint density at radius 1 is 1.42 bits per heavy atom. The van der Waals surface area contributed by atoms with E-state index in [0.29, 0.717) is 17.8 Å². The zero-order chi connectivity index (χ0) is 13.6. The van der Waals surface area contributed by atoms with Gasteiger partial charge in [-0.05, 0) is 32.3 Å². The molecule has 0 radical (unpaired) electrons. The average molecular weight is 301 g/mol. The Bertz CT molecular complexity index is 632. The Kier molecular flexibility index (Phi) is 3.22. The molecule has 0 amide bonds. The zero-order valence-electron chi connectivity index (χ0n) is 10.7. The van der Waals surface area contributed by atoms with Crippen molar-refractivity contribution in [1.29, 1.82) is 0 Å². The Morgan fingerprint density at radius 2 is 2.16 bits per heavy atom. The first-order valence-corrected chi connectivity index (χ1v) is 7.39. The van der Waals surface area contributed by atoms with Crippen LogP contribution in [0.15, 0.2) is 12.1 Å². The molecular formula is C14H15Cl2FN2. The van der Waals surface area contributed by atoms with E-state index in [-0.39, 0.29) is 10.6 Å². The second-order valence-corrected chi connectivity index (χ2v) is 6.19. The Hall–Kier alpha value is -0.800. The molecule has 0 atom stereocenters. The molecule has 5 heteroatoms. The largest absolute Gasteiger partial charge is 0.322 e. The molecule has 3 rings (SSSR count). The van der Waals surface area contributed by atoms with Crippen molar-refractivity contribution >= 4 is 34.2 Å². The van der Waals surface area contributed by atoms with Crippen molar-refractivity contribution < 1.29 is 4.39 Å². The average Bonchev–Trinajstić information content (AvgIpc) is 2.65. The molecule has 1 heterocycles. The summed E-state index contributed by atoms with van der Waals surface area (Å²) in [6.45, 7) is 2.21. The standard InChI is InChI=1S/C14H15Cl2FN2/c1-14(4-2-5-14)19-12-7-9(16)10(17)8-11(12)18-13(19)3-6-15/h7-8H,2-6H2,1H3. The second-order valence-electron chi connectivity index (χ2n) is 5.41. The number of rotatable bonds is 3. The number of hydrogen-bond donors (Lipinski definition) is 0. The Labute approximate surface area is 121 Å². The quantitative estimate of drug-likeness (QED) is 0.763. The van der Waals surface area contributed by atoms with Crippen molar-refractivity contribution in [2.75, 3.05) is 5.88 Å². The van der Waals surface area contributed by atoms with Gasteiger partial charge < -0.3 is 4.57 Å². The third-order valence-corrected chi connectivity index (χ3v) is 4.53. The van der Waals surface area contributed by atoms with Crippen LogP contribution in [0.1, 0.15) is 32.0 Å². The van der Waals surface area contributed by atoms with Crippen LogP contribution in [-0.2, 0) is 12.0 Å². The molecule has 0 saturated heterocycles. The van der Waals surface area contributed by atoms with Crippen LogP contribution in [0.5, 0.6) is 0 Å². The molecule has 2 aromatic rings. The molecule has 102 valence electrons. The van der Waals surface area contributed by atoms with Gasteiger partial charge >= 0.3 is 0 Å². The van der Waals surface area contributed by atoms with Crippen molar-refractivity contribution in [3.63, 3.8) is 0 Å². The number of imidazole rings is 1. The van der Waals surface area contributed by atoms with E-state index >= 15 is 0 Å². The van der Waals surface area contributed by atoms with Gasteiger partial charge in [0.1, 0.15) is 11.6 Å². The molecule has 0 aliphatic heterocycles. The number of benzene rings is 1. The molecule has 0 N–H and O–H groups in total. The van der Waals surface area contributed by atoms with Gasteiger partial charge in [0.05, 0.1) is 16.1 Å². The lowest BCUT2D eigenvalue weighted by Gasteiger charge is -2.41. The summed E-state index contributed by atoms with van der Waals surface area (Å²) in [6, 6.07) is 3.09. The number of nitrogens with zero attached hydrogens (tertiary/aromatic N) is 2. The molecule has 1 aliphatic rings. The summed E-state index contributed by atoms with van der Waals surface area (Å²) in [6.07, 6.45) is 4.13. The highest BCUT2D eigenvalue weighted by atomic mass is 35.5. The highest BCUT2D eigenvalue weighted by Crippen LogP contribution is 2.42. The molecule has 1 fully saturated rings. The summed E-state index contributed by atoms with van der Waals surface area (Å²) in [4.78, 5) is 4.53. The van der Waals surface area contributed by atoms with E-state index in [2.05, 4.69) is 16.5 Å². The molecule has 0 spiro atoms. The van der Waals surface area contributed by atoms with Crippen LogP contribution < -0.4 is 0 Å². The maximum Gasteiger partial charge on any atom is 0.144 e. The molecule has 2 nitrogen and oxygen atoms in total. The van der Waals surface area contributed by atoms with Crippen LogP contribution in [0.25, 0.3) is 11.0 Å². The fourth-order valence-corrected chi connectivity index (χ4v) is 3.22. The lowest BCUT2D eigenvalue weighted by Crippen LogP contribution is -2.38. The first-order chi connectivity index (χ1) is 9.05. The van der Waals surface area contributed by atoms with Crippen LogP contribution in [0.4, 0.5) is 4.39 Å². The third-order valence-electron chi connectivity index (χ3n) is 4.05. The summed E-state index contributed by atoms with van der Waals surface area (Å²) in [5.74, 6) is 1.01. The first-order valence-electron chi connectivity index (χ1n) is 6.48. The van der Waals surface area contributed by atoms with Gasteiger partial charge in [-0.25, -0.2) is 9.37 Å². The van der Waals surface area contributed by atoms with Gasteiger partial charge in [0.15, 0.2) is 0 Å². The van der Waals surface area contributed by atoms with Gasteiger partial charge in [-0.15, -0.1) is 11.6 Å². The minimum Gasteiger partial charge on any atom is -0.322 e. The maximum atomic E-state index is 13.6. The second kappa shape index (κ2) is 4.64. The van der Waals surface area contributed by atoms with Crippen LogP contribution in [0, 0.1) is 5.82 Å². The smallest absolute Gasteiger partial charge is 0.144 e. The number of hydrogen-bond acceptors (Lipinski definition) is 1. The van der Waals surface area contributed by atoms with Crippen molar-refractivity contribution in [3.05, 3.63) is 28.8 Å². The fraction of sp³-hybridized carbons (Fsp3) is 0.500. The van der Waals surface area contributed by atoms with E-state index in [9.17, 15) is 4.39 Å². The minimum absolute atomic E-state index is 0.0668. The van der Waals surface area contributed by atoms with Crippen molar-refractivity contribution in [2.45, 2.75) is 38.1 Å². The van der Waals surface area contributed by atoms with Crippen molar-refractivity contribution in [3.8, 4) is 0 Å². The van der Waals surface area contributed by atoms with Gasteiger partial charge in [0.25, 0.3) is 0 Å². The first kappa shape index (κ1) is 13.2. The molecule has 1 aliphatic carbocycles. The number of alkyl halides is 1. The van der Waals surface area contributed by atoms with E-state index in [1.807, 2.05) is 0 Å². The molecule has 19 heavy (non-hydrogen) atoms. The Balaban J connectivity index is 2.25. The fourth-order valence-electron chi connectivity index (χ4n) is 2.89. The highest BCUT2D eigenvalue weighted by molar-refractivity contribution is 6.31. The topological polar surface area (TPSA) is 17.8 Å². The molecule has 0 unspecified atom stereocenters. The number of halogens is 3. The lowest BCUT2D eigenvalue weighted by atomic mass is 9.78. The van der Waals surface area contributed by atoms with E-state index in [4.69, 9.17) is 23.2 Å². The summed E-state index contributed by atoms with van der Waals surface area (Å²) >= 11 is 11.8. The summed E-state index contributed by atoms with van der Waals surface area (Å²) in [7, 11) is 0. The monoisotopic (exact) mass is 300 g/mol. The number of fused-ring (bicyclic) bond motifs is 1. The number of aromatic nitrogens is 2. The van der Waals surface area contributed by atoms with Gasteiger partial charge in [-0.1, -0.05) is 11.6 Å². The van der Waals surface area contributed by atoms with Crippen LogP contribution in [-0.4, -0.2) is 15.4 Å². The minimum atomic E-state index is -0.421. The molecule has 1 aromatic carbocycles. The van der Waals surface area contributed by atoms with Crippen LogP contribution in [0.3, 0.4) is 0 Å². The van der Waals surface area contributed by atoms with Crippen molar-refractivity contribution in [2.24, 2.45) is 0 Å². The highest BCUT2D eigenvalue weighted by Gasteiger charge is 2.36. The molecule has 1 saturated carbocycles. The van der Waals surface area contributed by atoms with Crippen LogP contribution in [0.2, 0.25) is 5.02 Å². The van der Waals surface area contributed by atoms with Crippen LogP contribution >= 0.6 is 23.2 Å².